The Morgan fingerprint density at radius 3 is 2.33 bits per heavy atom. The largest absolute Gasteiger partial charge is 0.490 e. The first-order valence-electron chi connectivity index (χ1n) is 10.2. The highest BCUT2D eigenvalue weighted by molar-refractivity contribution is 7.92. The first-order valence-corrected chi connectivity index (χ1v) is 11.6. The topological polar surface area (TPSA) is 88.1 Å². The number of anilines is 1. The summed E-state index contributed by atoms with van der Waals surface area (Å²) in [5.74, 6) is 0.119. The smallest absolute Gasteiger partial charge is 0.264 e. The number of amides is 1. The van der Waals surface area contributed by atoms with Crippen LogP contribution in [0.25, 0.3) is 0 Å². The normalized spacial score (nSPS) is 11.2. The van der Waals surface area contributed by atoms with E-state index in [9.17, 15) is 13.2 Å². The number of carbonyl (C=O) groups excluding carboxylic acids is 1. The van der Waals surface area contributed by atoms with Crippen LogP contribution in [-0.4, -0.2) is 33.7 Å². The molecule has 33 heavy (non-hydrogen) atoms. The van der Waals surface area contributed by atoms with Gasteiger partial charge >= 0.3 is 0 Å². The number of carbonyl (C=O) groups is 1. The highest BCUT2D eigenvalue weighted by Crippen LogP contribution is 2.23. The SMILES string of the molecule is C=CCOc1ccc(/C=N\NC(=O)CN(c2ccc(C)cc2)S(=O)(=O)c2ccccc2)cc1. The maximum absolute atomic E-state index is 13.2. The van der Waals surface area contributed by atoms with E-state index in [0.717, 1.165) is 15.4 Å². The van der Waals surface area contributed by atoms with Crippen LogP contribution in [-0.2, 0) is 14.8 Å². The Hall–Kier alpha value is -3.91. The van der Waals surface area contributed by atoms with Gasteiger partial charge in [0.1, 0.15) is 18.9 Å². The zero-order chi connectivity index (χ0) is 23.7. The van der Waals surface area contributed by atoms with Crippen molar-refractivity contribution in [2.75, 3.05) is 17.5 Å². The zero-order valence-corrected chi connectivity index (χ0v) is 19.0. The van der Waals surface area contributed by atoms with Crippen molar-refractivity contribution >= 4 is 27.8 Å². The van der Waals surface area contributed by atoms with Gasteiger partial charge in [0.25, 0.3) is 15.9 Å². The lowest BCUT2D eigenvalue weighted by atomic mass is 10.2. The van der Waals surface area contributed by atoms with E-state index in [-0.39, 0.29) is 4.90 Å². The van der Waals surface area contributed by atoms with E-state index in [4.69, 9.17) is 4.74 Å². The Balaban J connectivity index is 1.73. The van der Waals surface area contributed by atoms with Crippen LogP contribution in [0.1, 0.15) is 11.1 Å². The van der Waals surface area contributed by atoms with Gasteiger partial charge in [-0.15, -0.1) is 0 Å². The number of benzene rings is 3. The Kier molecular flexibility index (Phi) is 7.99. The molecule has 0 saturated carbocycles. The van der Waals surface area contributed by atoms with Crippen LogP contribution in [0, 0.1) is 6.92 Å². The number of aryl methyl sites for hydroxylation is 1. The van der Waals surface area contributed by atoms with Gasteiger partial charge in [-0.05, 0) is 61.0 Å². The third kappa shape index (κ3) is 6.54. The molecule has 0 aliphatic carbocycles. The standard InChI is InChI=1S/C25H25N3O4S/c1-3-17-32-23-15-11-21(12-16-23)18-26-27-25(29)19-28(22-13-9-20(2)10-14-22)33(30,31)24-7-5-4-6-8-24/h3-16,18H,1,17,19H2,2H3,(H,27,29)/b26-18-. The Morgan fingerprint density at radius 1 is 1.03 bits per heavy atom. The Labute approximate surface area is 194 Å². The van der Waals surface area contributed by atoms with Crippen LogP contribution in [0.4, 0.5) is 5.69 Å². The molecule has 1 N–H and O–H groups in total. The van der Waals surface area contributed by atoms with Gasteiger partial charge in [-0.2, -0.15) is 5.10 Å². The van der Waals surface area contributed by atoms with E-state index in [1.54, 1.807) is 72.8 Å². The average Bonchev–Trinajstić information content (AvgIpc) is 2.83. The van der Waals surface area contributed by atoms with Crippen molar-refractivity contribution in [1.82, 2.24) is 5.43 Å². The van der Waals surface area contributed by atoms with Gasteiger partial charge in [-0.25, -0.2) is 13.8 Å². The quantitative estimate of drug-likeness (QED) is 0.281. The molecule has 0 radical (unpaired) electrons. The molecule has 0 bridgehead atoms. The predicted octanol–water partition coefficient (Wildman–Crippen LogP) is 3.91. The average molecular weight is 464 g/mol. The summed E-state index contributed by atoms with van der Waals surface area (Å²) in [6.45, 7) is 5.49. The van der Waals surface area contributed by atoms with E-state index < -0.39 is 22.5 Å². The van der Waals surface area contributed by atoms with Gasteiger partial charge in [0.2, 0.25) is 0 Å². The number of ether oxygens (including phenoxy) is 1. The van der Waals surface area contributed by atoms with Crippen LogP contribution in [0.3, 0.4) is 0 Å². The summed E-state index contributed by atoms with van der Waals surface area (Å²) in [5, 5.41) is 3.95. The maximum atomic E-state index is 13.2. The van der Waals surface area contributed by atoms with E-state index in [2.05, 4.69) is 17.1 Å². The monoisotopic (exact) mass is 463 g/mol. The molecule has 3 rings (SSSR count). The highest BCUT2D eigenvalue weighted by atomic mass is 32.2. The molecule has 0 unspecified atom stereocenters. The van der Waals surface area contributed by atoms with E-state index in [1.165, 1.54) is 18.3 Å². The molecule has 7 nitrogen and oxygen atoms in total. The maximum Gasteiger partial charge on any atom is 0.264 e. The van der Waals surface area contributed by atoms with Crippen molar-refractivity contribution < 1.29 is 17.9 Å². The van der Waals surface area contributed by atoms with Crippen LogP contribution < -0.4 is 14.5 Å². The van der Waals surface area contributed by atoms with Crippen molar-refractivity contribution in [1.29, 1.82) is 0 Å². The molecule has 8 heteroatoms. The van der Waals surface area contributed by atoms with Crippen molar-refractivity contribution in [2.24, 2.45) is 5.10 Å². The first-order chi connectivity index (χ1) is 15.9. The molecule has 0 fully saturated rings. The number of hydrogen-bond acceptors (Lipinski definition) is 5. The lowest BCUT2D eigenvalue weighted by molar-refractivity contribution is -0.119. The lowest BCUT2D eigenvalue weighted by Gasteiger charge is -2.23. The summed E-state index contributed by atoms with van der Waals surface area (Å²) in [7, 11) is -3.95. The van der Waals surface area contributed by atoms with Crippen molar-refractivity contribution in [3.05, 3.63) is 103 Å². The van der Waals surface area contributed by atoms with Gasteiger partial charge in [0.15, 0.2) is 0 Å². The van der Waals surface area contributed by atoms with Gasteiger partial charge in [0.05, 0.1) is 16.8 Å². The predicted molar refractivity (Wildman–Crippen MR) is 130 cm³/mol. The summed E-state index contributed by atoms with van der Waals surface area (Å²) in [6.07, 6.45) is 3.12. The molecule has 0 aliphatic heterocycles. The molecule has 0 aliphatic rings. The fraction of sp³-hybridized carbons (Fsp3) is 0.120. The number of nitrogens with one attached hydrogen (secondary N) is 1. The van der Waals surface area contributed by atoms with E-state index in [0.29, 0.717) is 18.0 Å². The number of hydrazone groups is 1. The number of rotatable bonds is 10. The molecule has 0 spiro atoms. The zero-order valence-electron chi connectivity index (χ0n) is 18.2. The third-order valence-electron chi connectivity index (χ3n) is 4.59. The minimum absolute atomic E-state index is 0.0978. The Morgan fingerprint density at radius 2 is 1.70 bits per heavy atom. The van der Waals surface area contributed by atoms with E-state index in [1.807, 2.05) is 6.92 Å². The molecule has 0 saturated heterocycles. The van der Waals surface area contributed by atoms with Crippen molar-refractivity contribution in [3.8, 4) is 5.75 Å². The highest BCUT2D eigenvalue weighted by Gasteiger charge is 2.26. The minimum Gasteiger partial charge on any atom is -0.490 e. The summed E-state index contributed by atoms with van der Waals surface area (Å²) in [6, 6.07) is 22.0. The van der Waals surface area contributed by atoms with Gasteiger partial charge in [-0.1, -0.05) is 48.6 Å². The third-order valence-corrected chi connectivity index (χ3v) is 6.38. The van der Waals surface area contributed by atoms with Crippen molar-refractivity contribution in [3.63, 3.8) is 0 Å². The lowest BCUT2D eigenvalue weighted by Crippen LogP contribution is -2.39. The molecule has 170 valence electrons. The van der Waals surface area contributed by atoms with Crippen LogP contribution >= 0.6 is 0 Å². The summed E-state index contributed by atoms with van der Waals surface area (Å²) >= 11 is 0. The molecule has 0 aromatic heterocycles. The second-order valence-electron chi connectivity index (χ2n) is 7.12. The van der Waals surface area contributed by atoms with E-state index >= 15 is 0 Å². The van der Waals surface area contributed by atoms with Crippen LogP contribution in [0.15, 0.2) is 102 Å². The summed E-state index contributed by atoms with van der Waals surface area (Å²) < 4.78 is 33.0. The molecular formula is C25H25N3O4S. The Bertz CT molecular complexity index is 1210. The molecule has 3 aromatic carbocycles. The molecule has 1 amide bonds. The molecule has 3 aromatic rings. The first kappa shape index (κ1) is 23.7. The van der Waals surface area contributed by atoms with Gasteiger partial charge < -0.3 is 4.74 Å². The molecule has 0 atom stereocenters. The minimum atomic E-state index is -3.95. The molecular weight excluding hydrogens is 438 g/mol. The number of nitrogens with zero attached hydrogens (tertiary/aromatic N) is 2. The van der Waals surface area contributed by atoms with Gasteiger partial charge in [0, 0.05) is 0 Å². The number of hydrogen-bond donors (Lipinski definition) is 1. The molecule has 0 heterocycles. The fourth-order valence-electron chi connectivity index (χ4n) is 2.90. The van der Waals surface area contributed by atoms with Gasteiger partial charge in [-0.3, -0.25) is 9.10 Å². The fourth-order valence-corrected chi connectivity index (χ4v) is 4.34. The van der Waals surface area contributed by atoms with Crippen LogP contribution in [0.2, 0.25) is 0 Å². The second kappa shape index (κ2) is 11.1. The van der Waals surface area contributed by atoms with Crippen molar-refractivity contribution in [2.45, 2.75) is 11.8 Å². The summed E-state index contributed by atoms with van der Waals surface area (Å²) in [4.78, 5) is 12.7. The number of sulfonamides is 1. The summed E-state index contributed by atoms with van der Waals surface area (Å²) in [5.41, 5.74) is 4.50. The second-order valence-corrected chi connectivity index (χ2v) is 8.98. The van der Waals surface area contributed by atoms with Crippen LogP contribution in [0.5, 0.6) is 5.75 Å².